The Hall–Kier alpha value is -2.06. The summed E-state index contributed by atoms with van der Waals surface area (Å²) < 4.78 is 19.2. The number of nitriles is 1. The van der Waals surface area contributed by atoms with Gasteiger partial charge in [0.1, 0.15) is 11.6 Å². The Morgan fingerprint density at radius 3 is 2.67 bits per heavy atom. The van der Waals surface area contributed by atoms with E-state index >= 15 is 0 Å². The number of rotatable bonds is 2. The summed E-state index contributed by atoms with van der Waals surface area (Å²) in [5.41, 5.74) is 6.54. The van der Waals surface area contributed by atoms with Crippen molar-refractivity contribution in [2.24, 2.45) is 0 Å². The monoisotopic (exact) mass is 306 g/mol. The summed E-state index contributed by atoms with van der Waals surface area (Å²) in [6.45, 7) is 0. The second-order valence-electron chi connectivity index (χ2n) is 3.57. The maximum atomic E-state index is 13.2. The van der Waals surface area contributed by atoms with Crippen LogP contribution in [-0.2, 0) is 0 Å². The van der Waals surface area contributed by atoms with Gasteiger partial charge in [-0.25, -0.2) is 4.39 Å². The second kappa shape index (κ2) is 5.07. The summed E-state index contributed by atoms with van der Waals surface area (Å²) in [7, 11) is 0. The molecular weight excluding hydrogens is 299 g/mol. The minimum Gasteiger partial charge on any atom is -0.455 e. The SMILES string of the molecule is N#Cc1ccc(N)c(Oc2cc(F)cc(Br)c2)c1. The summed E-state index contributed by atoms with van der Waals surface area (Å²) in [5.74, 6) is 0.213. The lowest BCUT2D eigenvalue weighted by atomic mass is 10.2. The molecule has 90 valence electrons. The van der Waals surface area contributed by atoms with E-state index in [1.807, 2.05) is 6.07 Å². The van der Waals surface area contributed by atoms with E-state index in [0.29, 0.717) is 27.2 Å². The first-order valence-electron chi connectivity index (χ1n) is 5.02. The third-order valence-corrected chi connectivity index (χ3v) is 2.66. The molecule has 0 unspecified atom stereocenters. The molecule has 0 aromatic heterocycles. The molecular formula is C13H8BrFN2O. The van der Waals surface area contributed by atoms with Crippen LogP contribution in [0, 0.1) is 17.1 Å². The molecule has 5 heteroatoms. The molecule has 2 aromatic rings. The normalized spacial score (nSPS) is 9.83. The van der Waals surface area contributed by atoms with Crippen LogP contribution in [-0.4, -0.2) is 0 Å². The molecule has 0 radical (unpaired) electrons. The van der Waals surface area contributed by atoms with E-state index in [1.165, 1.54) is 18.2 Å². The van der Waals surface area contributed by atoms with E-state index in [1.54, 1.807) is 18.2 Å². The Morgan fingerprint density at radius 1 is 1.22 bits per heavy atom. The van der Waals surface area contributed by atoms with Gasteiger partial charge in [0.15, 0.2) is 5.75 Å². The van der Waals surface area contributed by atoms with Crippen LogP contribution in [0.2, 0.25) is 0 Å². The maximum Gasteiger partial charge on any atom is 0.151 e. The van der Waals surface area contributed by atoms with Crippen molar-refractivity contribution in [3.8, 4) is 17.6 Å². The van der Waals surface area contributed by atoms with E-state index < -0.39 is 5.82 Å². The summed E-state index contributed by atoms with van der Waals surface area (Å²) in [6.07, 6.45) is 0. The van der Waals surface area contributed by atoms with Crippen molar-refractivity contribution in [2.75, 3.05) is 5.73 Å². The highest BCUT2D eigenvalue weighted by molar-refractivity contribution is 9.10. The molecule has 0 bridgehead atoms. The molecule has 0 atom stereocenters. The van der Waals surface area contributed by atoms with Crippen LogP contribution in [0.5, 0.6) is 11.5 Å². The molecule has 0 aliphatic heterocycles. The zero-order chi connectivity index (χ0) is 13.1. The molecule has 2 aromatic carbocycles. The molecule has 2 N–H and O–H groups in total. The summed E-state index contributed by atoms with van der Waals surface area (Å²) in [4.78, 5) is 0. The van der Waals surface area contributed by atoms with Gasteiger partial charge < -0.3 is 10.5 Å². The number of ether oxygens (including phenoxy) is 1. The fourth-order valence-corrected chi connectivity index (χ4v) is 1.85. The number of nitrogens with zero attached hydrogens (tertiary/aromatic N) is 1. The number of hydrogen-bond acceptors (Lipinski definition) is 3. The van der Waals surface area contributed by atoms with Crippen LogP contribution in [0.3, 0.4) is 0 Å². The standard InChI is InChI=1S/C13H8BrFN2O/c14-9-4-10(15)6-11(5-9)18-13-3-8(7-16)1-2-12(13)17/h1-6H,17H2. The van der Waals surface area contributed by atoms with Gasteiger partial charge in [0, 0.05) is 16.6 Å². The van der Waals surface area contributed by atoms with Crippen molar-refractivity contribution >= 4 is 21.6 Å². The van der Waals surface area contributed by atoms with Crippen LogP contribution in [0.4, 0.5) is 10.1 Å². The minimum atomic E-state index is -0.422. The summed E-state index contributed by atoms with van der Waals surface area (Å²) in [6, 6.07) is 10.8. The van der Waals surface area contributed by atoms with Gasteiger partial charge in [-0.15, -0.1) is 0 Å². The van der Waals surface area contributed by atoms with Crippen molar-refractivity contribution in [3.63, 3.8) is 0 Å². The number of benzene rings is 2. The van der Waals surface area contributed by atoms with Gasteiger partial charge in [-0.1, -0.05) is 15.9 Å². The van der Waals surface area contributed by atoms with Gasteiger partial charge in [0.05, 0.1) is 17.3 Å². The highest BCUT2D eigenvalue weighted by Crippen LogP contribution is 2.30. The maximum absolute atomic E-state index is 13.2. The average molecular weight is 307 g/mol. The van der Waals surface area contributed by atoms with Crippen LogP contribution in [0.15, 0.2) is 40.9 Å². The Bertz CT molecular complexity index is 617. The first-order valence-corrected chi connectivity index (χ1v) is 5.81. The summed E-state index contributed by atoms with van der Waals surface area (Å²) in [5, 5.41) is 8.79. The van der Waals surface area contributed by atoms with Crippen molar-refractivity contribution in [3.05, 3.63) is 52.3 Å². The zero-order valence-corrected chi connectivity index (χ0v) is 10.7. The molecule has 3 nitrogen and oxygen atoms in total. The number of halogens is 2. The van der Waals surface area contributed by atoms with Gasteiger partial charge in [0.2, 0.25) is 0 Å². The minimum absolute atomic E-state index is 0.309. The van der Waals surface area contributed by atoms with Crippen molar-refractivity contribution < 1.29 is 9.13 Å². The molecule has 0 saturated heterocycles. The molecule has 18 heavy (non-hydrogen) atoms. The van der Waals surface area contributed by atoms with Crippen molar-refractivity contribution in [1.82, 2.24) is 0 Å². The lowest BCUT2D eigenvalue weighted by Crippen LogP contribution is -1.93. The van der Waals surface area contributed by atoms with E-state index in [0.717, 1.165) is 0 Å². The average Bonchev–Trinajstić information content (AvgIpc) is 2.30. The molecule has 0 spiro atoms. The predicted molar refractivity (Wildman–Crippen MR) is 69.7 cm³/mol. The predicted octanol–water partition coefficient (Wildman–Crippen LogP) is 3.83. The van der Waals surface area contributed by atoms with E-state index in [2.05, 4.69) is 15.9 Å². The Balaban J connectivity index is 2.36. The van der Waals surface area contributed by atoms with Crippen LogP contribution in [0.1, 0.15) is 5.56 Å². The van der Waals surface area contributed by atoms with Gasteiger partial charge in [-0.05, 0) is 24.3 Å². The number of nitrogen functional groups attached to an aromatic ring is 1. The highest BCUT2D eigenvalue weighted by atomic mass is 79.9. The Kier molecular flexibility index (Phi) is 3.49. The molecule has 0 aliphatic carbocycles. The molecule has 0 amide bonds. The highest BCUT2D eigenvalue weighted by Gasteiger charge is 2.06. The van der Waals surface area contributed by atoms with Crippen LogP contribution < -0.4 is 10.5 Å². The number of nitrogens with two attached hydrogens (primary N) is 1. The van der Waals surface area contributed by atoms with Crippen molar-refractivity contribution in [2.45, 2.75) is 0 Å². The molecule has 0 saturated carbocycles. The van der Waals surface area contributed by atoms with Crippen LogP contribution in [0.25, 0.3) is 0 Å². The first-order chi connectivity index (χ1) is 8.58. The van der Waals surface area contributed by atoms with E-state index in [9.17, 15) is 4.39 Å². The van der Waals surface area contributed by atoms with Gasteiger partial charge in [-0.3, -0.25) is 0 Å². The van der Waals surface area contributed by atoms with Crippen molar-refractivity contribution in [1.29, 1.82) is 5.26 Å². The van der Waals surface area contributed by atoms with Gasteiger partial charge in [0.25, 0.3) is 0 Å². The second-order valence-corrected chi connectivity index (χ2v) is 4.49. The molecule has 0 fully saturated rings. The fourth-order valence-electron chi connectivity index (χ4n) is 1.41. The Labute approximate surface area is 112 Å². The fraction of sp³-hybridized carbons (Fsp3) is 0. The lowest BCUT2D eigenvalue weighted by Gasteiger charge is -2.09. The van der Waals surface area contributed by atoms with E-state index in [-0.39, 0.29) is 0 Å². The molecule has 2 rings (SSSR count). The number of anilines is 1. The van der Waals surface area contributed by atoms with Crippen LogP contribution >= 0.6 is 15.9 Å². The Morgan fingerprint density at radius 2 is 2.00 bits per heavy atom. The largest absolute Gasteiger partial charge is 0.455 e. The van der Waals surface area contributed by atoms with E-state index in [4.69, 9.17) is 15.7 Å². The van der Waals surface area contributed by atoms with Gasteiger partial charge in [-0.2, -0.15) is 5.26 Å². The third-order valence-electron chi connectivity index (χ3n) is 2.21. The zero-order valence-electron chi connectivity index (χ0n) is 9.15. The summed E-state index contributed by atoms with van der Waals surface area (Å²) >= 11 is 3.17. The third kappa shape index (κ3) is 2.79. The first kappa shape index (κ1) is 12.4. The molecule has 0 heterocycles. The van der Waals surface area contributed by atoms with Gasteiger partial charge >= 0.3 is 0 Å². The lowest BCUT2D eigenvalue weighted by molar-refractivity contribution is 0.478. The quantitative estimate of drug-likeness (QED) is 0.858. The molecule has 0 aliphatic rings. The number of hydrogen-bond donors (Lipinski definition) is 1. The smallest absolute Gasteiger partial charge is 0.151 e. The topological polar surface area (TPSA) is 59.0 Å².